The van der Waals surface area contributed by atoms with E-state index < -0.39 is 17.3 Å². The van der Waals surface area contributed by atoms with Gasteiger partial charge in [-0.3, -0.25) is 14.5 Å². The lowest BCUT2D eigenvalue weighted by atomic mass is 10.1. The maximum Gasteiger partial charge on any atom is 0.307 e. The predicted molar refractivity (Wildman–Crippen MR) is 68.5 cm³/mol. The number of piperazine rings is 1. The predicted octanol–water partition coefficient (Wildman–Crippen LogP) is -0.520. The van der Waals surface area contributed by atoms with Crippen LogP contribution in [0.3, 0.4) is 0 Å². The van der Waals surface area contributed by atoms with E-state index in [2.05, 4.69) is 4.90 Å². The summed E-state index contributed by atoms with van der Waals surface area (Å²) in [6.45, 7) is 7.19. The van der Waals surface area contributed by atoms with Gasteiger partial charge in [0.15, 0.2) is 0 Å². The van der Waals surface area contributed by atoms with E-state index in [4.69, 9.17) is 10.2 Å². The van der Waals surface area contributed by atoms with Gasteiger partial charge in [-0.25, -0.2) is 0 Å². The van der Waals surface area contributed by atoms with Gasteiger partial charge in [-0.05, 0) is 5.41 Å². The Morgan fingerprint density at radius 3 is 2.16 bits per heavy atom. The second kappa shape index (κ2) is 5.09. The molecule has 1 heterocycles. The lowest BCUT2D eigenvalue weighted by Crippen LogP contribution is -2.50. The minimum atomic E-state index is -0.873. The van der Waals surface area contributed by atoms with Gasteiger partial charge >= 0.3 is 5.97 Å². The Morgan fingerprint density at radius 1 is 1.16 bits per heavy atom. The van der Waals surface area contributed by atoms with Crippen LogP contribution < -0.4 is 0 Å². The third-order valence-corrected chi connectivity index (χ3v) is 4.46. The van der Waals surface area contributed by atoms with Crippen molar-refractivity contribution < 1.29 is 19.8 Å². The number of carboxylic acid groups (broad SMARTS) is 1. The molecule has 2 rings (SSSR count). The number of amides is 1. The van der Waals surface area contributed by atoms with E-state index in [1.807, 2.05) is 13.8 Å². The zero-order valence-corrected chi connectivity index (χ0v) is 11.5. The second-order valence-corrected chi connectivity index (χ2v) is 6.01. The van der Waals surface area contributed by atoms with Crippen LogP contribution in [-0.2, 0) is 9.59 Å². The Morgan fingerprint density at radius 2 is 1.74 bits per heavy atom. The van der Waals surface area contributed by atoms with Crippen molar-refractivity contribution in [2.75, 3.05) is 39.3 Å². The number of aliphatic hydroxyl groups is 1. The first kappa shape index (κ1) is 14.3. The molecule has 6 nitrogen and oxygen atoms in total. The molecule has 0 aromatic rings. The normalized spacial score (nSPS) is 30.2. The largest absolute Gasteiger partial charge is 0.481 e. The maximum atomic E-state index is 12.4. The molecule has 0 bridgehead atoms. The summed E-state index contributed by atoms with van der Waals surface area (Å²) in [4.78, 5) is 27.3. The number of carbonyl (C=O) groups is 2. The zero-order valence-electron chi connectivity index (χ0n) is 11.5. The van der Waals surface area contributed by atoms with E-state index in [9.17, 15) is 9.59 Å². The van der Waals surface area contributed by atoms with E-state index in [1.54, 1.807) is 4.90 Å². The first-order valence-electron chi connectivity index (χ1n) is 6.74. The molecule has 0 unspecified atom stereocenters. The Bertz CT molecular complexity index is 375. The minimum absolute atomic E-state index is 0.0268. The van der Waals surface area contributed by atoms with Crippen molar-refractivity contribution in [3.8, 4) is 0 Å². The SMILES string of the molecule is CC1(C)[C@H](C(=O)O)[C@@H]1C(=O)N1CCN(CCO)CC1. The molecule has 108 valence electrons. The Hall–Kier alpha value is -1.14. The third-order valence-electron chi connectivity index (χ3n) is 4.46. The van der Waals surface area contributed by atoms with E-state index in [0.29, 0.717) is 19.6 Å². The summed E-state index contributed by atoms with van der Waals surface area (Å²) in [5.74, 6) is -1.83. The summed E-state index contributed by atoms with van der Waals surface area (Å²) >= 11 is 0. The van der Waals surface area contributed by atoms with Crippen LogP contribution in [0, 0.1) is 17.3 Å². The van der Waals surface area contributed by atoms with Gasteiger partial charge in [0.1, 0.15) is 0 Å². The number of aliphatic carboxylic acids is 1. The molecule has 1 saturated carbocycles. The van der Waals surface area contributed by atoms with Crippen molar-refractivity contribution in [1.82, 2.24) is 9.80 Å². The fraction of sp³-hybridized carbons (Fsp3) is 0.846. The highest BCUT2D eigenvalue weighted by Crippen LogP contribution is 2.59. The second-order valence-electron chi connectivity index (χ2n) is 6.01. The molecule has 6 heteroatoms. The summed E-state index contributed by atoms with van der Waals surface area (Å²) < 4.78 is 0. The Labute approximate surface area is 113 Å². The molecule has 0 aromatic heterocycles. The van der Waals surface area contributed by atoms with Crippen molar-refractivity contribution in [2.24, 2.45) is 17.3 Å². The van der Waals surface area contributed by atoms with Gasteiger partial charge in [0.05, 0.1) is 18.4 Å². The summed E-state index contributed by atoms with van der Waals surface area (Å²) in [7, 11) is 0. The standard InChI is InChI=1S/C13H22N2O4/c1-13(2)9(10(13)12(18)19)11(17)15-5-3-14(4-6-15)7-8-16/h9-10,16H,3-8H2,1-2H3,(H,18,19)/t9-,10+/m1/s1. The first-order chi connectivity index (χ1) is 8.89. The van der Waals surface area contributed by atoms with Gasteiger partial charge < -0.3 is 15.1 Å². The molecule has 19 heavy (non-hydrogen) atoms. The van der Waals surface area contributed by atoms with Crippen LogP contribution in [0.15, 0.2) is 0 Å². The average Bonchev–Trinajstić information content (AvgIpc) is 2.93. The molecule has 2 fully saturated rings. The third kappa shape index (κ3) is 2.60. The summed E-state index contributed by atoms with van der Waals surface area (Å²) in [6, 6.07) is 0. The molecule has 2 atom stereocenters. The molecule has 2 aliphatic rings. The van der Waals surface area contributed by atoms with Gasteiger partial charge in [0, 0.05) is 32.7 Å². The highest BCUT2D eigenvalue weighted by atomic mass is 16.4. The summed E-state index contributed by atoms with van der Waals surface area (Å²) in [6.07, 6.45) is 0. The monoisotopic (exact) mass is 270 g/mol. The number of rotatable bonds is 4. The first-order valence-corrected chi connectivity index (χ1v) is 6.74. The van der Waals surface area contributed by atoms with Crippen LogP contribution in [-0.4, -0.2) is 71.2 Å². The van der Waals surface area contributed by atoms with Gasteiger partial charge in [0.25, 0.3) is 0 Å². The number of hydrogen-bond donors (Lipinski definition) is 2. The fourth-order valence-electron chi connectivity index (χ4n) is 3.09. The average molecular weight is 270 g/mol. The van der Waals surface area contributed by atoms with Crippen LogP contribution >= 0.6 is 0 Å². The van der Waals surface area contributed by atoms with Crippen LogP contribution in [0.2, 0.25) is 0 Å². The molecule has 1 saturated heterocycles. The Balaban J connectivity index is 1.91. The number of β-amino-alcohol motifs (C(OH)–C–C–N with tert-alkyl or cyclic N) is 1. The molecule has 1 aliphatic heterocycles. The van der Waals surface area contributed by atoms with Crippen LogP contribution in [0.1, 0.15) is 13.8 Å². The van der Waals surface area contributed by atoms with Crippen molar-refractivity contribution in [1.29, 1.82) is 0 Å². The molecule has 1 amide bonds. The van der Waals surface area contributed by atoms with Crippen molar-refractivity contribution in [3.63, 3.8) is 0 Å². The number of carboxylic acids is 1. The Kier molecular flexibility index (Phi) is 3.82. The zero-order chi connectivity index (χ0) is 14.2. The van der Waals surface area contributed by atoms with E-state index in [-0.39, 0.29) is 18.4 Å². The van der Waals surface area contributed by atoms with E-state index in [0.717, 1.165) is 13.1 Å². The highest BCUT2D eigenvalue weighted by molar-refractivity contribution is 5.91. The van der Waals surface area contributed by atoms with E-state index in [1.165, 1.54) is 0 Å². The molecule has 0 spiro atoms. The van der Waals surface area contributed by atoms with Crippen LogP contribution in [0.25, 0.3) is 0 Å². The van der Waals surface area contributed by atoms with E-state index >= 15 is 0 Å². The quantitative estimate of drug-likeness (QED) is 0.718. The minimum Gasteiger partial charge on any atom is -0.481 e. The lowest BCUT2D eigenvalue weighted by molar-refractivity contribution is -0.142. The van der Waals surface area contributed by atoms with Crippen LogP contribution in [0.5, 0.6) is 0 Å². The lowest BCUT2D eigenvalue weighted by Gasteiger charge is -2.34. The van der Waals surface area contributed by atoms with Crippen molar-refractivity contribution >= 4 is 11.9 Å². The highest BCUT2D eigenvalue weighted by Gasteiger charge is 2.66. The number of nitrogens with zero attached hydrogens (tertiary/aromatic N) is 2. The molecule has 2 N–H and O–H groups in total. The topological polar surface area (TPSA) is 81.1 Å². The molecule has 0 aromatic carbocycles. The molecule has 1 aliphatic carbocycles. The fourth-order valence-corrected chi connectivity index (χ4v) is 3.09. The smallest absolute Gasteiger partial charge is 0.307 e. The number of aliphatic hydroxyl groups excluding tert-OH is 1. The molecular formula is C13H22N2O4. The number of hydrogen-bond acceptors (Lipinski definition) is 4. The van der Waals surface area contributed by atoms with Crippen molar-refractivity contribution in [3.05, 3.63) is 0 Å². The van der Waals surface area contributed by atoms with Gasteiger partial charge in [-0.2, -0.15) is 0 Å². The van der Waals surface area contributed by atoms with Crippen molar-refractivity contribution in [2.45, 2.75) is 13.8 Å². The van der Waals surface area contributed by atoms with Gasteiger partial charge in [-0.15, -0.1) is 0 Å². The molecule has 0 radical (unpaired) electrons. The maximum absolute atomic E-state index is 12.4. The summed E-state index contributed by atoms with van der Waals surface area (Å²) in [5, 5.41) is 18.0. The van der Waals surface area contributed by atoms with Crippen LogP contribution in [0.4, 0.5) is 0 Å². The van der Waals surface area contributed by atoms with Gasteiger partial charge in [-0.1, -0.05) is 13.8 Å². The molecular weight excluding hydrogens is 248 g/mol. The summed E-state index contributed by atoms with van der Waals surface area (Å²) in [5.41, 5.74) is -0.425. The van der Waals surface area contributed by atoms with Gasteiger partial charge in [0.2, 0.25) is 5.91 Å². The number of carbonyl (C=O) groups excluding carboxylic acids is 1.